The van der Waals surface area contributed by atoms with Crippen LogP contribution in [0.15, 0.2) is 41.0 Å². The van der Waals surface area contributed by atoms with Gasteiger partial charge in [0.15, 0.2) is 5.22 Å². The van der Waals surface area contributed by atoms with Crippen molar-refractivity contribution in [2.24, 2.45) is 0 Å². The summed E-state index contributed by atoms with van der Waals surface area (Å²) in [7, 11) is 1.95. The van der Waals surface area contributed by atoms with Gasteiger partial charge in [-0.3, -0.25) is 0 Å². The topological polar surface area (TPSA) is 25.2 Å². The maximum Gasteiger partial charge on any atom is 0.198 e. The number of furan rings is 1. The normalized spacial score (nSPS) is 17.2. The number of nitrogens with one attached hydrogen (secondary N) is 1. The fourth-order valence-electron chi connectivity index (χ4n) is 2.75. The molecule has 0 radical (unpaired) electrons. The molecule has 2 aromatic rings. The van der Waals surface area contributed by atoms with E-state index in [4.69, 9.17) is 16.0 Å². The lowest BCUT2D eigenvalue weighted by molar-refractivity contribution is 0.419. The molecule has 1 N–H and O–H groups in total. The van der Waals surface area contributed by atoms with Gasteiger partial charge in [0.2, 0.25) is 0 Å². The molecule has 3 heteroatoms. The van der Waals surface area contributed by atoms with Crippen LogP contribution in [0.25, 0.3) is 0 Å². The van der Waals surface area contributed by atoms with Crippen LogP contribution in [-0.2, 0) is 0 Å². The Hall–Kier alpha value is -1.25. The van der Waals surface area contributed by atoms with Crippen molar-refractivity contribution in [2.75, 3.05) is 7.05 Å². The third kappa shape index (κ3) is 2.43. The third-order valence-corrected chi connectivity index (χ3v) is 4.37. The van der Waals surface area contributed by atoms with Gasteiger partial charge in [0.25, 0.3) is 0 Å². The quantitative estimate of drug-likeness (QED) is 0.888. The number of benzene rings is 1. The molecule has 0 spiro atoms. The van der Waals surface area contributed by atoms with E-state index in [0.717, 1.165) is 11.5 Å². The second kappa shape index (κ2) is 5.40. The molecule has 3 rings (SSSR count). The van der Waals surface area contributed by atoms with Crippen LogP contribution in [0.5, 0.6) is 0 Å². The molecule has 1 aromatic carbocycles. The predicted octanol–water partition coefficient (Wildman–Crippen LogP) is 4.51. The van der Waals surface area contributed by atoms with Crippen LogP contribution in [0.3, 0.4) is 0 Å². The van der Waals surface area contributed by atoms with Crippen LogP contribution < -0.4 is 5.32 Å². The summed E-state index contributed by atoms with van der Waals surface area (Å²) in [6.07, 6.45) is 5.63. The van der Waals surface area contributed by atoms with E-state index < -0.39 is 0 Å². The Balaban J connectivity index is 1.93. The van der Waals surface area contributed by atoms with Gasteiger partial charge in [0.05, 0.1) is 12.3 Å². The van der Waals surface area contributed by atoms with Gasteiger partial charge in [-0.15, -0.1) is 0 Å². The second-order valence-corrected chi connectivity index (χ2v) is 5.51. The largest absolute Gasteiger partial charge is 0.453 e. The van der Waals surface area contributed by atoms with E-state index in [2.05, 4.69) is 29.6 Å². The molecule has 1 unspecified atom stereocenters. The highest BCUT2D eigenvalue weighted by molar-refractivity contribution is 6.29. The highest BCUT2D eigenvalue weighted by Gasteiger charge is 2.22. The molecule has 0 amide bonds. The van der Waals surface area contributed by atoms with Crippen LogP contribution >= 0.6 is 11.6 Å². The number of hydrogen-bond acceptors (Lipinski definition) is 2. The Kier molecular flexibility index (Phi) is 3.63. The summed E-state index contributed by atoms with van der Waals surface area (Å²) < 4.78 is 5.20. The average molecular weight is 276 g/mol. The molecule has 0 aliphatic heterocycles. The van der Waals surface area contributed by atoms with Gasteiger partial charge in [-0.25, -0.2) is 0 Å². The summed E-state index contributed by atoms with van der Waals surface area (Å²) in [4.78, 5) is 0. The van der Waals surface area contributed by atoms with Crippen molar-refractivity contribution in [3.05, 3.63) is 58.5 Å². The molecule has 0 saturated heterocycles. The highest BCUT2D eigenvalue weighted by Crippen LogP contribution is 2.38. The van der Waals surface area contributed by atoms with E-state index in [1.54, 1.807) is 6.26 Å². The molecule has 1 aromatic heterocycles. The van der Waals surface area contributed by atoms with E-state index in [1.807, 2.05) is 13.1 Å². The summed E-state index contributed by atoms with van der Waals surface area (Å²) >= 11 is 6.10. The van der Waals surface area contributed by atoms with E-state index in [9.17, 15) is 0 Å². The van der Waals surface area contributed by atoms with E-state index in [-0.39, 0.29) is 6.04 Å². The molecular weight excluding hydrogens is 258 g/mol. The van der Waals surface area contributed by atoms with Crippen molar-refractivity contribution in [3.8, 4) is 0 Å². The van der Waals surface area contributed by atoms with Crippen LogP contribution in [0, 0.1) is 0 Å². The molecule has 100 valence electrons. The fraction of sp³-hybridized carbons (Fsp3) is 0.375. The molecular formula is C16H18ClNO. The summed E-state index contributed by atoms with van der Waals surface area (Å²) in [5, 5.41) is 3.79. The molecule has 1 aliphatic carbocycles. The zero-order valence-corrected chi connectivity index (χ0v) is 11.8. The smallest absolute Gasteiger partial charge is 0.198 e. The van der Waals surface area contributed by atoms with Crippen LogP contribution in [0.4, 0.5) is 0 Å². The van der Waals surface area contributed by atoms with Gasteiger partial charge < -0.3 is 9.73 Å². The minimum atomic E-state index is 0.0891. The first kappa shape index (κ1) is 12.8. The van der Waals surface area contributed by atoms with Gasteiger partial charge in [-0.1, -0.05) is 30.7 Å². The van der Waals surface area contributed by atoms with E-state index in [1.165, 1.54) is 30.4 Å². The molecule has 1 atom stereocenters. The van der Waals surface area contributed by atoms with Gasteiger partial charge in [-0.2, -0.15) is 0 Å². The zero-order valence-electron chi connectivity index (χ0n) is 11.0. The first-order chi connectivity index (χ1) is 9.29. The lowest BCUT2D eigenvalue weighted by Crippen LogP contribution is -2.18. The van der Waals surface area contributed by atoms with Crippen LogP contribution in [-0.4, -0.2) is 7.05 Å². The Bertz CT molecular complexity index is 559. The first-order valence-corrected chi connectivity index (χ1v) is 7.17. The number of halogens is 1. The van der Waals surface area contributed by atoms with Crippen LogP contribution in [0.1, 0.15) is 47.9 Å². The lowest BCUT2D eigenvalue weighted by Gasteiger charge is -2.27. The zero-order chi connectivity index (χ0) is 13.2. The van der Waals surface area contributed by atoms with Gasteiger partial charge in [0, 0.05) is 5.56 Å². The molecule has 2 nitrogen and oxygen atoms in total. The number of hydrogen-bond donors (Lipinski definition) is 1. The monoisotopic (exact) mass is 275 g/mol. The first-order valence-electron chi connectivity index (χ1n) is 6.79. The van der Waals surface area contributed by atoms with E-state index >= 15 is 0 Å². The van der Waals surface area contributed by atoms with Crippen molar-refractivity contribution in [3.63, 3.8) is 0 Å². The Morgan fingerprint density at radius 2 is 2.16 bits per heavy atom. The standard InChI is InChI=1S/C16H18ClNO/c1-18-15(14-8-9-19-16(14)17)13-7-3-6-12(10-13)11-4-2-5-11/h3,6-11,15,18H,2,4-5H2,1H3. The molecule has 19 heavy (non-hydrogen) atoms. The molecule has 1 aliphatic rings. The molecule has 1 fully saturated rings. The summed E-state index contributed by atoms with van der Waals surface area (Å²) in [6, 6.07) is 10.8. The average Bonchev–Trinajstić information content (AvgIpc) is 2.75. The van der Waals surface area contributed by atoms with Gasteiger partial charge >= 0.3 is 0 Å². The Labute approximate surface area is 118 Å². The third-order valence-electron chi connectivity index (χ3n) is 4.07. The van der Waals surface area contributed by atoms with Crippen molar-refractivity contribution in [1.82, 2.24) is 5.32 Å². The van der Waals surface area contributed by atoms with E-state index in [0.29, 0.717) is 5.22 Å². The highest BCUT2D eigenvalue weighted by atomic mass is 35.5. The number of rotatable bonds is 4. The minimum Gasteiger partial charge on any atom is -0.453 e. The lowest BCUT2D eigenvalue weighted by atomic mass is 9.79. The van der Waals surface area contributed by atoms with Crippen molar-refractivity contribution in [1.29, 1.82) is 0 Å². The molecule has 0 bridgehead atoms. The SMILES string of the molecule is CNC(c1cccc(C2CCC2)c1)c1ccoc1Cl. The fourth-order valence-corrected chi connectivity index (χ4v) is 2.97. The molecule has 1 heterocycles. The van der Waals surface area contributed by atoms with Crippen molar-refractivity contribution < 1.29 is 4.42 Å². The Morgan fingerprint density at radius 1 is 1.32 bits per heavy atom. The van der Waals surface area contributed by atoms with Crippen LogP contribution in [0.2, 0.25) is 5.22 Å². The summed E-state index contributed by atoms with van der Waals surface area (Å²) in [5.41, 5.74) is 3.69. The summed E-state index contributed by atoms with van der Waals surface area (Å²) in [5.74, 6) is 0.747. The summed E-state index contributed by atoms with van der Waals surface area (Å²) in [6.45, 7) is 0. The van der Waals surface area contributed by atoms with Crippen molar-refractivity contribution in [2.45, 2.75) is 31.2 Å². The molecule has 1 saturated carbocycles. The van der Waals surface area contributed by atoms with Gasteiger partial charge in [0.1, 0.15) is 0 Å². The second-order valence-electron chi connectivity index (χ2n) is 5.17. The Morgan fingerprint density at radius 3 is 2.74 bits per heavy atom. The predicted molar refractivity (Wildman–Crippen MR) is 77.7 cm³/mol. The maximum absolute atomic E-state index is 6.10. The van der Waals surface area contributed by atoms with Gasteiger partial charge in [-0.05, 0) is 54.6 Å². The van der Waals surface area contributed by atoms with Crippen molar-refractivity contribution >= 4 is 11.6 Å². The maximum atomic E-state index is 6.10. The minimum absolute atomic E-state index is 0.0891.